The van der Waals surface area contributed by atoms with Gasteiger partial charge in [-0.1, -0.05) is 35.5 Å². The lowest BCUT2D eigenvalue weighted by atomic mass is 10.0. The van der Waals surface area contributed by atoms with E-state index in [2.05, 4.69) is 4.74 Å². The standard InChI is InChI=1S/C17H16ClF2N2O2S/c1-24-16(23)22(21)15(12-5-9-14(18)10-6-12)11-3-7-13(8-4-11)17(19,20)25-2/h3-10H,21H2,1-2H3/q+1. The second kappa shape index (κ2) is 7.84. The third-order valence-corrected chi connectivity index (χ3v) is 4.48. The van der Waals surface area contributed by atoms with Crippen LogP contribution in [0.2, 0.25) is 5.02 Å². The quantitative estimate of drug-likeness (QED) is 0.281. The van der Waals surface area contributed by atoms with Crippen molar-refractivity contribution < 1.29 is 23.0 Å². The molecule has 0 aromatic heterocycles. The van der Waals surface area contributed by atoms with E-state index in [1.54, 1.807) is 24.3 Å². The van der Waals surface area contributed by atoms with Gasteiger partial charge in [-0.05, 0) is 47.3 Å². The van der Waals surface area contributed by atoms with Crippen molar-refractivity contribution in [3.63, 3.8) is 0 Å². The summed E-state index contributed by atoms with van der Waals surface area (Å²) in [5.74, 6) is 5.86. The van der Waals surface area contributed by atoms with E-state index in [4.69, 9.17) is 17.4 Å². The Bertz CT molecular complexity index is 793. The van der Waals surface area contributed by atoms with E-state index in [1.807, 2.05) is 0 Å². The molecule has 0 saturated carbocycles. The van der Waals surface area contributed by atoms with E-state index >= 15 is 0 Å². The molecule has 25 heavy (non-hydrogen) atoms. The summed E-state index contributed by atoms with van der Waals surface area (Å²) in [6.45, 7) is 0. The summed E-state index contributed by atoms with van der Waals surface area (Å²) in [6, 6.07) is 12.2. The fourth-order valence-corrected chi connectivity index (χ4v) is 2.68. The summed E-state index contributed by atoms with van der Waals surface area (Å²) in [4.78, 5) is 11.8. The molecule has 0 bridgehead atoms. The number of carbonyl (C=O) groups is 1. The second-order valence-electron chi connectivity index (χ2n) is 4.99. The number of amides is 1. The highest BCUT2D eigenvalue weighted by Gasteiger charge is 2.31. The molecular weight excluding hydrogens is 370 g/mol. The lowest BCUT2D eigenvalue weighted by molar-refractivity contribution is -0.455. The summed E-state index contributed by atoms with van der Waals surface area (Å²) in [5, 5.41) is -2.48. The zero-order valence-electron chi connectivity index (χ0n) is 13.5. The summed E-state index contributed by atoms with van der Waals surface area (Å²) in [6.07, 6.45) is 0.543. The zero-order chi connectivity index (χ0) is 18.6. The van der Waals surface area contributed by atoms with Gasteiger partial charge in [0.25, 0.3) is 5.71 Å². The van der Waals surface area contributed by atoms with Gasteiger partial charge in [-0.25, -0.2) is 0 Å². The predicted molar refractivity (Wildman–Crippen MR) is 95.4 cm³/mol. The number of rotatable bonds is 4. The largest absolute Gasteiger partial charge is 0.626 e. The number of benzene rings is 2. The van der Waals surface area contributed by atoms with Crippen LogP contribution in [0, 0.1) is 0 Å². The molecule has 0 spiro atoms. The smallest absolute Gasteiger partial charge is 0.413 e. The molecule has 4 nitrogen and oxygen atoms in total. The number of methoxy groups -OCH3 is 1. The fraction of sp³-hybridized carbons (Fsp3) is 0.176. The number of hydrogen-bond acceptors (Lipinski definition) is 4. The van der Waals surface area contributed by atoms with Gasteiger partial charge in [-0.2, -0.15) is 19.4 Å². The van der Waals surface area contributed by atoms with Crippen LogP contribution in [0.15, 0.2) is 48.5 Å². The van der Waals surface area contributed by atoms with Gasteiger partial charge in [0, 0.05) is 16.1 Å². The fourth-order valence-electron chi connectivity index (χ4n) is 2.18. The average molecular weight is 386 g/mol. The number of halogens is 3. The lowest BCUT2D eigenvalue weighted by Crippen LogP contribution is -2.34. The van der Waals surface area contributed by atoms with Gasteiger partial charge >= 0.3 is 11.3 Å². The van der Waals surface area contributed by atoms with E-state index in [-0.39, 0.29) is 5.56 Å². The molecule has 0 heterocycles. The Balaban J connectivity index is 2.57. The van der Waals surface area contributed by atoms with E-state index in [0.29, 0.717) is 33.6 Å². The maximum absolute atomic E-state index is 13.8. The van der Waals surface area contributed by atoms with Crippen LogP contribution in [-0.4, -0.2) is 29.9 Å². The third-order valence-electron chi connectivity index (χ3n) is 3.48. The van der Waals surface area contributed by atoms with Crippen molar-refractivity contribution in [1.82, 2.24) is 0 Å². The van der Waals surface area contributed by atoms with Gasteiger partial charge < -0.3 is 4.74 Å². The molecule has 0 radical (unpaired) electrons. The van der Waals surface area contributed by atoms with Gasteiger partial charge in [0.2, 0.25) is 0 Å². The minimum absolute atomic E-state index is 0.138. The van der Waals surface area contributed by atoms with Crippen molar-refractivity contribution in [2.75, 3.05) is 13.4 Å². The van der Waals surface area contributed by atoms with Gasteiger partial charge in [-0.3, -0.25) is 0 Å². The van der Waals surface area contributed by atoms with Crippen LogP contribution in [0.4, 0.5) is 13.6 Å². The normalized spacial score (nSPS) is 12.5. The molecule has 1 amide bonds. The minimum atomic E-state index is -3.00. The Labute approximate surface area is 153 Å². The van der Waals surface area contributed by atoms with Crippen molar-refractivity contribution in [1.29, 1.82) is 0 Å². The molecule has 0 aliphatic heterocycles. The van der Waals surface area contributed by atoms with Crippen molar-refractivity contribution in [3.8, 4) is 0 Å². The summed E-state index contributed by atoms with van der Waals surface area (Å²) in [5.41, 5.74) is 1.24. The average Bonchev–Trinajstić information content (AvgIpc) is 2.63. The monoisotopic (exact) mass is 385 g/mol. The van der Waals surface area contributed by atoms with Gasteiger partial charge in [-0.15, -0.1) is 0 Å². The number of ether oxygens (including phenoxy) is 1. The molecule has 0 fully saturated rings. The van der Waals surface area contributed by atoms with Crippen molar-refractivity contribution in [3.05, 3.63) is 70.2 Å². The molecule has 0 atom stereocenters. The zero-order valence-corrected chi connectivity index (χ0v) is 15.1. The molecule has 0 unspecified atom stereocenters. The number of hydrazone groups is 1. The van der Waals surface area contributed by atoms with Gasteiger partial charge in [0.15, 0.2) is 0 Å². The SMILES string of the molecule is COC(=O)[N+](N)=C(c1ccc(Cl)cc1)c1ccc(C(F)(F)SC)cc1. The first-order valence-electron chi connectivity index (χ1n) is 7.09. The van der Waals surface area contributed by atoms with Crippen molar-refractivity contribution in [2.24, 2.45) is 5.84 Å². The van der Waals surface area contributed by atoms with Crippen LogP contribution in [0.1, 0.15) is 16.7 Å². The molecule has 2 aromatic carbocycles. The molecule has 2 aromatic rings. The van der Waals surface area contributed by atoms with Crippen LogP contribution in [0.5, 0.6) is 0 Å². The number of nitrogens with zero attached hydrogens (tertiary/aromatic N) is 1. The van der Waals surface area contributed by atoms with Crippen LogP contribution in [0.3, 0.4) is 0 Å². The third kappa shape index (κ3) is 4.29. The minimum Gasteiger partial charge on any atom is -0.413 e. The Kier molecular flexibility index (Phi) is 6.02. The highest BCUT2D eigenvalue weighted by Crippen LogP contribution is 2.37. The number of nitrogens with two attached hydrogens (primary N) is 1. The molecule has 2 N–H and O–H groups in total. The van der Waals surface area contributed by atoms with Crippen molar-refractivity contribution in [2.45, 2.75) is 5.25 Å². The lowest BCUT2D eigenvalue weighted by Gasteiger charge is -2.13. The first-order valence-corrected chi connectivity index (χ1v) is 8.70. The Morgan fingerprint density at radius 3 is 2.04 bits per heavy atom. The summed E-state index contributed by atoms with van der Waals surface area (Å²) < 4.78 is 33.0. The first-order chi connectivity index (χ1) is 11.8. The van der Waals surface area contributed by atoms with E-state index < -0.39 is 11.3 Å². The van der Waals surface area contributed by atoms with Gasteiger partial charge in [0.1, 0.15) is 0 Å². The van der Waals surface area contributed by atoms with Crippen LogP contribution in [-0.2, 0) is 9.99 Å². The maximum atomic E-state index is 13.8. The highest BCUT2D eigenvalue weighted by molar-refractivity contribution is 7.99. The molecule has 132 valence electrons. The van der Waals surface area contributed by atoms with Crippen LogP contribution >= 0.6 is 23.4 Å². The number of carbonyl (C=O) groups excluding carboxylic acids is 1. The number of hydrogen-bond donors (Lipinski definition) is 1. The van der Waals surface area contributed by atoms with Crippen LogP contribution in [0.25, 0.3) is 0 Å². The van der Waals surface area contributed by atoms with E-state index in [0.717, 1.165) is 4.68 Å². The topological polar surface area (TPSA) is 55.3 Å². The second-order valence-corrected chi connectivity index (χ2v) is 6.35. The molecule has 0 saturated heterocycles. The Morgan fingerprint density at radius 1 is 1.12 bits per heavy atom. The first kappa shape index (κ1) is 19.2. The Morgan fingerprint density at radius 2 is 1.60 bits per heavy atom. The molecular formula is C17H16ClF2N2O2S+. The van der Waals surface area contributed by atoms with Gasteiger partial charge in [0.05, 0.1) is 12.7 Å². The number of thioether (sulfide) groups is 1. The van der Waals surface area contributed by atoms with Crippen molar-refractivity contribution >= 4 is 35.2 Å². The van der Waals surface area contributed by atoms with E-state index in [1.165, 1.54) is 37.6 Å². The highest BCUT2D eigenvalue weighted by atomic mass is 35.5. The maximum Gasteiger partial charge on any atom is 0.626 e. The summed E-state index contributed by atoms with van der Waals surface area (Å²) in [7, 11) is 1.20. The molecule has 2 rings (SSSR count). The Hall–Kier alpha value is -2.12. The number of alkyl halides is 2. The van der Waals surface area contributed by atoms with Crippen LogP contribution < -0.4 is 5.84 Å². The molecule has 0 aliphatic rings. The number of hydrazine groups is 1. The predicted octanol–water partition coefficient (Wildman–Crippen LogP) is 4.24. The summed E-state index contributed by atoms with van der Waals surface area (Å²) >= 11 is 6.33. The molecule has 8 heteroatoms. The van der Waals surface area contributed by atoms with E-state index in [9.17, 15) is 13.6 Å². The molecule has 0 aliphatic carbocycles.